The first-order chi connectivity index (χ1) is 12.9. The molecule has 0 aliphatic carbocycles. The van der Waals surface area contributed by atoms with Gasteiger partial charge in [0.25, 0.3) is 0 Å². The molecular formula is C20H18F3N3O. The Balaban J connectivity index is 2.00. The van der Waals surface area contributed by atoms with Crippen LogP contribution < -0.4 is 10.1 Å². The van der Waals surface area contributed by atoms with Gasteiger partial charge in [0, 0.05) is 5.56 Å². The summed E-state index contributed by atoms with van der Waals surface area (Å²) in [7, 11) is 1.49. The molecule has 1 atom stereocenters. The van der Waals surface area contributed by atoms with E-state index in [2.05, 4.69) is 15.3 Å². The van der Waals surface area contributed by atoms with E-state index in [0.717, 1.165) is 11.6 Å². The molecule has 0 aliphatic rings. The van der Waals surface area contributed by atoms with E-state index in [9.17, 15) is 13.2 Å². The van der Waals surface area contributed by atoms with Gasteiger partial charge in [-0.3, -0.25) is 0 Å². The number of alkyl halides is 3. The zero-order valence-electron chi connectivity index (χ0n) is 14.8. The smallest absolute Gasteiger partial charge is 0.433 e. The predicted molar refractivity (Wildman–Crippen MR) is 97.5 cm³/mol. The molecule has 0 bridgehead atoms. The highest BCUT2D eigenvalue weighted by Crippen LogP contribution is 2.32. The fraction of sp³-hybridized carbons (Fsp3) is 0.200. The molecule has 3 rings (SSSR count). The average Bonchev–Trinajstić information content (AvgIpc) is 2.67. The summed E-state index contributed by atoms with van der Waals surface area (Å²) < 4.78 is 45.1. The van der Waals surface area contributed by atoms with Gasteiger partial charge in [0.2, 0.25) is 5.95 Å². The second kappa shape index (κ2) is 7.65. The maximum atomic E-state index is 13.3. The number of hydrogen-bond donors (Lipinski definition) is 1. The van der Waals surface area contributed by atoms with Crippen molar-refractivity contribution in [3.05, 3.63) is 71.9 Å². The summed E-state index contributed by atoms with van der Waals surface area (Å²) in [4.78, 5) is 7.94. The maximum absolute atomic E-state index is 13.3. The van der Waals surface area contributed by atoms with Crippen LogP contribution in [0.3, 0.4) is 0 Å². The summed E-state index contributed by atoms with van der Waals surface area (Å²) in [6.45, 7) is 1.84. The van der Waals surface area contributed by atoms with Crippen molar-refractivity contribution in [3.8, 4) is 17.0 Å². The van der Waals surface area contributed by atoms with Gasteiger partial charge >= 0.3 is 6.18 Å². The fourth-order valence-electron chi connectivity index (χ4n) is 2.61. The van der Waals surface area contributed by atoms with E-state index >= 15 is 0 Å². The van der Waals surface area contributed by atoms with E-state index in [1.807, 2.05) is 37.3 Å². The lowest BCUT2D eigenvalue weighted by Crippen LogP contribution is -2.14. The molecule has 0 saturated heterocycles. The first kappa shape index (κ1) is 18.7. The number of rotatable bonds is 5. The first-order valence-electron chi connectivity index (χ1n) is 8.29. The van der Waals surface area contributed by atoms with Gasteiger partial charge in [0.1, 0.15) is 5.75 Å². The van der Waals surface area contributed by atoms with Gasteiger partial charge in [-0.25, -0.2) is 9.97 Å². The minimum absolute atomic E-state index is 0.0843. The van der Waals surface area contributed by atoms with Crippen molar-refractivity contribution in [2.75, 3.05) is 12.4 Å². The van der Waals surface area contributed by atoms with Crippen LogP contribution in [-0.4, -0.2) is 17.1 Å². The van der Waals surface area contributed by atoms with Gasteiger partial charge in [-0.05, 0) is 30.7 Å². The molecule has 1 heterocycles. The second-order valence-corrected chi connectivity index (χ2v) is 5.97. The Hall–Kier alpha value is -3.09. The van der Waals surface area contributed by atoms with Crippen LogP contribution in [0.5, 0.6) is 5.75 Å². The van der Waals surface area contributed by atoms with Crippen LogP contribution in [0.1, 0.15) is 24.2 Å². The number of benzene rings is 2. The van der Waals surface area contributed by atoms with Gasteiger partial charge < -0.3 is 10.1 Å². The van der Waals surface area contributed by atoms with Crippen LogP contribution in [0.15, 0.2) is 60.7 Å². The number of nitrogens with zero attached hydrogens (tertiary/aromatic N) is 2. The van der Waals surface area contributed by atoms with Gasteiger partial charge in [-0.1, -0.05) is 42.5 Å². The molecule has 0 spiro atoms. The third-order valence-electron chi connectivity index (χ3n) is 4.03. The molecule has 140 valence electrons. The molecule has 1 unspecified atom stereocenters. The molecule has 1 N–H and O–H groups in total. The first-order valence-corrected chi connectivity index (χ1v) is 8.29. The zero-order valence-corrected chi connectivity index (χ0v) is 14.8. The van der Waals surface area contributed by atoms with Crippen LogP contribution >= 0.6 is 0 Å². The van der Waals surface area contributed by atoms with Gasteiger partial charge in [0.15, 0.2) is 5.69 Å². The highest BCUT2D eigenvalue weighted by atomic mass is 19.4. The molecule has 0 saturated carbocycles. The minimum Gasteiger partial charge on any atom is -0.497 e. The number of nitrogens with one attached hydrogen (secondary N) is 1. The van der Waals surface area contributed by atoms with Gasteiger partial charge in [0.05, 0.1) is 18.8 Å². The number of anilines is 1. The Morgan fingerprint density at radius 2 is 1.70 bits per heavy atom. The standard InChI is InChI=1S/C20H18F3N3O/c1-13(14-7-4-3-5-8-14)24-19-25-17(12-18(26-19)20(21,22)23)15-9-6-10-16(11-15)27-2/h3-13H,1-2H3,(H,24,25,26). The second-order valence-electron chi connectivity index (χ2n) is 5.97. The van der Waals surface area contributed by atoms with Crippen molar-refractivity contribution in [1.82, 2.24) is 9.97 Å². The van der Waals surface area contributed by atoms with Crippen LogP contribution in [-0.2, 0) is 6.18 Å². The topological polar surface area (TPSA) is 47.0 Å². The van der Waals surface area contributed by atoms with Crippen molar-refractivity contribution in [2.45, 2.75) is 19.1 Å². The van der Waals surface area contributed by atoms with E-state index in [0.29, 0.717) is 11.3 Å². The highest BCUT2D eigenvalue weighted by molar-refractivity contribution is 5.63. The van der Waals surface area contributed by atoms with E-state index < -0.39 is 11.9 Å². The molecule has 0 amide bonds. The lowest BCUT2D eigenvalue weighted by atomic mass is 10.1. The SMILES string of the molecule is COc1cccc(-c2cc(C(F)(F)F)nc(NC(C)c3ccccc3)n2)c1. The monoisotopic (exact) mass is 373 g/mol. The number of ether oxygens (including phenoxy) is 1. The number of halogens is 3. The zero-order chi connectivity index (χ0) is 19.4. The summed E-state index contributed by atoms with van der Waals surface area (Å²) in [6.07, 6.45) is -4.58. The minimum atomic E-state index is -4.58. The largest absolute Gasteiger partial charge is 0.497 e. The number of aromatic nitrogens is 2. The Kier molecular flexibility index (Phi) is 5.30. The third-order valence-corrected chi connectivity index (χ3v) is 4.03. The highest BCUT2D eigenvalue weighted by Gasteiger charge is 2.34. The van der Waals surface area contributed by atoms with Crippen molar-refractivity contribution in [1.29, 1.82) is 0 Å². The molecule has 0 aliphatic heterocycles. The van der Waals surface area contributed by atoms with Crippen LogP contribution in [0.4, 0.5) is 19.1 Å². The number of hydrogen-bond acceptors (Lipinski definition) is 4. The van der Waals surface area contributed by atoms with Crippen molar-refractivity contribution < 1.29 is 17.9 Å². The average molecular weight is 373 g/mol. The normalized spacial score (nSPS) is 12.5. The Labute approximate surface area is 155 Å². The molecule has 2 aromatic carbocycles. The van der Waals surface area contributed by atoms with Crippen molar-refractivity contribution in [3.63, 3.8) is 0 Å². The number of methoxy groups -OCH3 is 1. The lowest BCUT2D eigenvalue weighted by Gasteiger charge is -2.16. The van der Waals surface area contributed by atoms with Gasteiger partial charge in [-0.2, -0.15) is 13.2 Å². The Morgan fingerprint density at radius 1 is 0.963 bits per heavy atom. The molecular weight excluding hydrogens is 355 g/mol. The molecule has 3 aromatic rings. The molecule has 7 heteroatoms. The van der Waals surface area contributed by atoms with Crippen LogP contribution in [0.25, 0.3) is 11.3 Å². The molecule has 0 radical (unpaired) electrons. The quantitative estimate of drug-likeness (QED) is 0.655. The molecule has 0 fully saturated rings. The third kappa shape index (κ3) is 4.55. The summed E-state index contributed by atoms with van der Waals surface area (Å²) in [5.41, 5.74) is 0.594. The maximum Gasteiger partial charge on any atom is 0.433 e. The van der Waals surface area contributed by atoms with Crippen LogP contribution in [0, 0.1) is 0 Å². The van der Waals surface area contributed by atoms with Crippen molar-refractivity contribution >= 4 is 5.95 Å². The summed E-state index contributed by atoms with van der Waals surface area (Å²) in [6, 6.07) is 16.8. The lowest BCUT2D eigenvalue weighted by molar-refractivity contribution is -0.141. The van der Waals surface area contributed by atoms with Crippen molar-refractivity contribution in [2.24, 2.45) is 0 Å². The Morgan fingerprint density at radius 3 is 2.37 bits per heavy atom. The van der Waals surface area contributed by atoms with E-state index in [4.69, 9.17) is 4.74 Å². The van der Waals surface area contributed by atoms with Gasteiger partial charge in [-0.15, -0.1) is 0 Å². The summed E-state index contributed by atoms with van der Waals surface area (Å²) >= 11 is 0. The predicted octanol–water partition coefficient (Wildman–Crippen LogP) is 5.34. The van der Waals surface area contributed by atoms with E-state index in [1.165, 1.54) is 7.11 Å². The van der Waals surface area contributed by atoms with E-state index in [1.54, 1.807) is 24.3 Å². The molecule has 1 aromatic heterocycles. The molecule has 27 heavy (non-hydrogen) atoms. The molecule has 4 nitrogen and oxygen atoms in total. The fourth-order valence-corrected chi connectivity index (χ4v) is 2.61. The Bertz CT molecular complexity index is 914. The summed E-state index contributed by atoms with van der Waals surface area (Å²) in [5, 5.41) is 2.96. The van der Waals surface area contributed by atoms with Crippen LogP contribution in [0.2, 0.25) is 0 Å². The van der Waals surface area contributed by atoms with E-state index in [-0.39, 0.29) is 17.7 Å². The summed E-state index contributed by atoms with van der Waals surface area (Å²) in [5.74, 6) is 0.450.